The van der Waals surface area contributed by atoms with Gasteiger partial charge in [-0.15, -0.1) is 0 Å². The van der Waals surface area contributed by atoms with E-state index in [2.05, 4.69) is 5.10 Å². The van der Waals surface area contributed by atoms with Crippen LogP contribution in [0.15, 0.2) is 35.4 Å². The number of aromatic nitrogens is 2. The maximum atomic E-state index is 12.8. The molecule has 1 N–H and O–H groups in total. The normalized spacial score (nSPS) is 12.3. The number of carbonyl (C=O) groups is 1. The second-order valence-corrected chi connectivity index (χ2v) is 5.33. The Balaban J connectivity index is 2.26. The molecule has 1 aromatic carbocycles. The van der Waals surface area contributed by atoms with Crippen LogP contribution in [0.3, 0.4) is 0 Å². The zero-order chi connectivity index (χ0) is 14.0. The number of carboxylic acid groups (broad SMARTS) is 1. The SMILES string of the molecule is Cn1ncc(C(=O)O)c1CS(=O)c1ccc(F)cc1. The van der Waals surface area contributed by atoms with Crippen molar-refractivity contribution in [2.45, 2.75) is 10.6 Å². The average molecular weight is 282 g/mol. The van der Waals surface area contributed by atoms with Crippen LogP contribution in [-0.2, 0) is 23.6 Å². The van der Waals surface area contributed by atoms with Crippen LogP contribution in [-0.4, -0.2) is 25.1 Å². The van der Waals surface area contributed by atoms with Gasteiger partial charge in [-0.1, -0.05) is 0 Å². The molecule has 0 aliphatic carbocycles. The van der Waals surface area contributed by atoms with Gasteiger partial charge in [0, 0.05) is 11.9 Å². The number of carboxylic acids is 1. The predicted octanol–water partition coefficient (Wildman–Crippen LogP) is 1.57. The maximum absolute atomic E-state index is 12.8. The van der Waals surface area contributed by atoms with Gasteiger partial charge in [0.1, 0.15) is 11.4 Å². The number of benzene rings is 1. The monoisotopic (exact) mass is 282 g/mol. The molecule has 1 aromatic heterocycles. The molecule has 1 unspecified atom stereocenters. The topological polar surface area (TPSA) is 72.2 Å². The van der Waals surface area contributed by atoms with Crippen LogP contribution in [0.25, 0.3) is 0 Å². The zero-order valence-electron chi connectivity index (χ0n) is 10.0. The van der Waals surface area contributed by atoms with Crippen molar-refractivity contribution in [3.8, 4) is 0 Å². The minimum atomic E-state index is -1.45. The van der Waals surface area contributed by atoms with Crippen LogP contribution in [0.2, 0.25) is 0 Å². The lowest BCUT2D eigenvalue weighted by Gasteiger charge is -2.04. The van der Waals surface area contributed by atoms with Crippen LogP contribution in [0.1, 0.15) is 16.1 Å². The van der Waals surface area contributed by atoms with Gasteiger partial charge in [-0.25, -0.2) is 9.18 Å². The van der Waals surface area contributed by atoms with E-state index < -0.39 is 22.6 Å². The summed E-state index contributed by atoms with van der Waals surface area (Å²) in [5.41, 5.74) is 0.396. The molecule has 5 nitrogen and oxygen atoms in total. The van der Waals surface area contributed by atoms with Gasteiger partial charge in [0.2, 0.25) is 0 Å². The van der Waals surface area contributed by atoms with E-state index in [1.54, 1.807) is 7.05 Å². The summed E-state index contributed by atoms with van der Waals surface area (Å²) in [6, 6.07) is 5.27. The van der Waals surface area contributed by atoms with Crippen LogP contribution >= 0.6 is 0 Å². The minimum Gasteiger partial charge on any atom is -0.478 e. The van der Waals surface area contributed by atoms with E-state index >= 15 is 0 Å². The lowest BCUT2D eigenvalue weighted by molar-refractivity contribution is 0.0696. The number of hydrogen-bond donors (Lipinski definition) is 1. The second-order valence-electron chi connectivity index (χ2n) is 3.88. The van der Waals surface area contributed by atoms with E-state index in [-0.39, 0.29) is 11.3 Å². The molecule has 0 bridgehead atoms. The Bertz CT molecular complexity index is 637. The molecule has 0 fully saturated rings. The highest BCUT2D eigenvalue weighted by Crippen LogP contribution is 2.16. The van der Waals surface area contributed by atoms with Gasteiger partial charge in [0.15, 0.2) is 0 Å². The second kappa shape index (κ2) is 5.31. The third-order valence-electron chi connectivity index (χ3n) is 2.64. The Morgan fingerprint density at radius 1 is 1.42 bits per heavy atom. The van der Waals surface area contributed by atoms with E-state index in [0.29, 0.717) is 10.6 Å². The largest absolute Gasteiger partial charge is 0.478 e. The number of nitrogens with zero attached hydrogens (tertiary/aromatic N) is 2. The summed E-state index contributed by atoms with van der Waals surface area (Å²) in [7, 11) is 0.138. The van der Waals surface area contributed by atoms with Crippen molar-refractivity contribution in [3.63, 3.8) is 0 Å². The average Bonchev–Trinajstić information content (AvgIpc) is 2.72. The van der Waals surface area contributed by atoms with Crippen molar-refractivity contribution in [1.29, 1.82) is 0 Å². The van der Waals surface area contributed by atoms with E-state index in [1.807, 2.05) is 0 Å². The molecule has 100 valence electrons. The fourth-order valence-electron chi connectivity index (χ4n) is 1.61. The van der Waals surface area contributed by atoms with Gasteiger partial charge >= 0.3 is 5.97 Å². The van der Waals surface area contributed by atoms with E-state index in [0.717, 1.165) is 0 Å². The molecule has 0 aliphatic rings. The van der Waals surface area contributed by atoms with E-state index in [4.69, 9.17) is 5.11 Å². The molecule has 1 atom stereocenters. The molecule has 2 aromatic rings. The summed E-state index contributed by atoms with van der Waals surface area (Å²) in [6.45, 7) is 0. The number of aromatic carboxylic acids is 1. The highest BCUT2D eigenvalue weighted by Gasteiger charge is 2.17. The van der Waals surface area contributed by atoms with Crippen molar-refractivity contribution in [1.82, 2.24) is 9.78 Å². The molecule has 0 saturated carbocycles. The van der Waals surface area contributed by atoms with Crippen LogP contribution in [0.5, 0.6) is 0 Å². The maximum Gasteiger partial charge on any atom is 0.339 e. The summed E-state index contributed by atoms with van der Waals surface area (Å²) in [6.07, 6.45) is 1.22. The van der Waals surface area contributed by atoms with Crippen molar-refractivity contribution >= 4 is 16.8 Å². The Morgan fingerprint density at radius 2 is 2.05 bits per heavy atom. The molecule has 1 heterocycles. The van der Waals surface area contributed by atoms with Gasteiger partial charge < -0.3 is 5.11 Å². The molecule has 0 radical (unpaired) electrons. The first-order valence-electron chi connectivity index (χ1n) is 5.37. The van der Waals surface area contributed by atoms with Crippen molar-refractivity contribution < 1.29 is 18.5 Å². The quantitative estimate of drug-likeness (QED) is 0.923. The molecule has 0 spiro atoms. The summed E-state index contributed by atoms with van der Waals surface area (Å²) in [5, 5.41) is 12.8. The Hall–Kier alpha value is -2.02. The van der Waals surface area contributed by atoms with Gasteiger partial charge in [0.25, 0.3) is 0 Å². The van der Waals surface area contributed by atoms with E-state index in [9.17, 15) is 13.4 Å². The Labute approximate surface area is 111 Å². The van der Waals surface area contributed by atoms with Gasteiger partial charge in [-0.3, -0.25) is 8.89 Å². The molecule has 2 rings (SSSR count). The Kier molecular flexibility index (Phi) is 3.75. The molecular weight excluding hydrogens is 271 g/mol. The molecule has 0 aliphatic heterocycles. The fourth-order valence-corrected chi connectivity index (χ4v) is 2.80. The van der Waals surface area contributed by atoms with Crippen LogP contribution in [0.4, 0.5) is 4.39 Å². The van der Waals surface area contributed by atoms with Crippen LogP contribution in [0, 0.1) is 5.82 Å². The Morgan fingerprint density at radius 3 is 2.63 bits per heavy atom. The number of halogens is 1. The van der Waals surface area contributed by atoms with Crippen molar-refractivity contribution in [2.75, 3.05) is 0 Å². The predicted molar refractivity (Wildman–Crippen MR) is 66.7 cm³/mol. The number of aryl methyl sites for hydroxylation is 1. The molecule has 19 heavy (non-hydrogen) atoms. The standard InChI is InChI=1S/C12H11FN2O3S/c1-15-11(10(6-14-15)12(16)17)7-19(18)9-4-2-8(13)3-5-9/h2-6H,7H2,1H3,(H,16,17). The molecule has 0 amide bonds. The third-order valence-corrected chi connectivity index (χ3v) is 3.97. The lowest BCUT2D eigenvalue weighted by atomic mass is 10.3. The lowest BCUT2D eigenvalue weighted by Crippen LogP contribution is -2.08. The minimum absolute atomic E-state index is 0.0176. The first-order chi connectivity index (χ1) is 8.99. The summed E-state index contributed by atoms with van der Waals surface area (Å²) < 4.78 is 26.3. The number of rotatable bonds is 4. The van der Waals surface area contributed by atoms with Gasteiger partial charge in [-0.05, 0) is 24.3 Å². The highest BCUT2D eigenvalue weighted by atomic mass is 32.2. The van der Waals surface area contributed by atoms with Gasteiger partial charge in [-0.2, -0.15) is 5.10 Å². The van der Waals surface area contributed by atoms with Crippen molar-refractivity contribution in [2.24, 2.45) is 7.05 Å². The zero-order valence-corrected chi connectivity index (χ0v) is 10.9. The van der Waals surface area contributed by atoms with Crippen LogP contribution < -0.4 is 0 Å². The summed E-state index contributed by atoms with van der Waals surface area (Å²) in [4.78, 5) is 11.4. The molecular formula is C12H11FN2O3S. The number of hydrogen-bond acceptors (Lipinski definition) is 3. The summed E-state index contributed by atoms with van der Waals surface area (Å²) >= 11 is 0. The molecule has 0 saturated heterocycles. The van der Waals surface area contributed by atoms with Gasteiger partial charge in [0.05, 0.1) is 28.4 Å². The first kappa shape index (κ1) is 13.4. The molecule has 7 heteroatoms. The van der Waals surface area contributed by atoms with Crippen molar-refractivity contribution in [3.05, 3.63) is 47.5 Å². The third kappa shape index (κ3) is 2.87. The summed E-state index contributed by atoms with van der Waals surface area (Å²) in [5.74, 6) is -1.50. The fraction of sp³-hybridized carbons (Fsp3) is 0.167. The smallest absolute Gasteiger partial charge is 0.339 e. The first-order valence-corrected chi connectivity index (χ1v) is 6.69. The van der Waals surface area contributed by atoms with E-state index in [1.165, 1.54) is 35.1 Å². The highest BCUT2D eigenvalue weighted by molar-refractivity contribution is 7.84.